The molecule has 2 N–H and O–H groups in total. The Morgan fingerprint density at radius 1 is 1.09 bits per heavy atom. The van der Waals surface area contributed by atoms with Crippen molar-refractivity contribution in [2.45, 2.75) is 6.42 Å². The highest BCUT2D eigenvalue weighted by molar-refractivity contribution is 6.03. The number of fused-ring (bicyclic) bond motifs is 1. The lowest BCUT2D eigenvalue weighted by Crippen LogP contribution is -2.38. The topological polar surface area (TPSA) is 132 Å². The zero-order valence-electron chi connectivity index (χ0n) is 18.4. The van der Waals surface area contributed by atoms with Gasteiger partial charge in [0.2, 0.25) is 5.91 Å². The van der Waals surface area contributed by atoms with Crippen molar-refractivity contribution in [2.24, 2.45) is 5.92 Å². The summed E-state index contributed by atoms with van der Waals surface area (Å²) in [7, 11) is 1.49. The molecule has 178 valence electrons. The van der Waals surface area contributed by atoms with Crippen LogP contribution in [-0.2, 0) is 19.1 Å². The normalized spacial score (nSPS) is 16.6. The van der Waals surface area contributed by atoms with E-state index in [0.717, 1.165) is 0 Å². The molecule has 34 heavy (non-hydrogen) atoms. The lowest BCUT2D eigenvalue weighted by Gasteiger charge is -2.19. The Hall–Kier alpha value is -4.28. The molecular formula is C23H23N3O8. The molecular weight excluding hydrogens is 446 g/mol. The van der Waals surface area contributed by atoms with Gasteiger partial charge in [0.25, 0.3) is 5.91 Å². The van der Waals surface area contributed by atoms with Gasteiger partial charge in [-0.05, 0) is 24.3 Å². The first-order chi connectivity index (χ1) is 16.4. The maximum Gasteiger partial charge on any atom is 0.325 e. The fourth-order valence-electron chi connectivity index (χ4n) is 3.65. The van der Waals surface area contributed by atoms with Crippen LogP contribution >= 0.6 is 0 Å². The van der Waals surface area contributed by atoms with Crippen LogP contribution in [0.2, 0.25) is 0 Å². The van der Waals surface area contributed by atoms with E-state index in [1.807, 2.05) is 0 Å². The Bertz CT molecular complexity index is 1120. The zero-order chi connectivity index (χ0) is 24.1. The number of nitrogens with one attached hydrogen (secondary N) is 2. The number of methoxy groups -OCH3 is 1. The van der Waals surface area contributed by atoms with Crippen LogP contribution in [0.15, 0.2) is 42.5 Å². The molecule has 1 saturated heterocycles. The largest absolute Gasteiger partial charge is 0.495 e. The van der Waals surface area contributed by atoms with Crippen molar-refractivity contribution < 1.29 is 38.1 Å². The van der Waals surface area contributed by atoms with Crippen LogP contribution in [0.25, 0.3) is 0 Å². The van der Waals surface area contributed by atoms with Gasteiger partial charge in [-0.3, -0.25) is 19.7 Å². The Balaban J connectivity index is 1.25. The van der Waals surface area contributed by atoms with Crippen LogP contribution in [0.4, 0.5) is 16.2 Å². The highest BCUT2D eigenvalue weighted by Crippen LogP contribution is 2.33. The van der Waals surface area contributed by atoms with E-state index in [-0.39, 0.29) is 18.9 Å². The van der Waals surface area contributed by atoms with Crippen LogP contribution in [0.5, 0.6) is 17.2 Å². The highest BCUT2D eigenvalue weighted by atomic mass is 16.6. The first-order valence-electron chi connectivity index (χ1n) is 10.5. The Morgan fingerprint density at radius 2 is 1.85 bits per heavy atom. The number of carbonyl (C=O) groups is 4. The Kier molecular flexibility index (Phi) is 6.81. The lowest BCUT2D eigenvalue weighted by atomic mass is 10.1. The number of carbonyl (C=O) groups excluding carboxylic acids is 4. The van der Waals surface area contributed by atoms with Crippen molar-refractivity contribution in [3.63, 3.8) is 0 Å². The molecule has 1 fully saturated rings. The van der Waals surface area contributed by atoms with Crippen LogP contribution in [0.1, 0.15) is 6.42 Å². The van der Waals surface area contributed by atoms with Gasteiger partial charge in [-0.25, -0.2) is 4.79 Å². The van der Waals surface area contributed by atoms with Gasteiger partial charge in [-0.2, -0.15) is 0 Å². The summed E-state index contributed by atoms with van der Waals surface area (Å²) in [5.74, 6) is -0.949. The van der Waals surface area contributed by atoms with Gasteiger partial charge in [0.15, 0.2) is 18.1 Å². The molecule has 2 aromatic rings. The summed E-state index contributed by atoms with van der Waals surface area (Å²) in [5, 5.41) is 4.58. The molecule has 4 amide bonds. The minimum atomic E-state index is -0.811. The molecule has 0 bridgehead atoms. The van der Waals surface area contributed by atoms with Gasteiger partial charge < -0.3 is 29.2 Å². The number of nitrogens with zero attached hydrogens (tertiary/aromatic N) is 1. The number of urea groups is 1. The van der Waals surface area contributed by atoms with Gasteiger partial charge in [0.1, 0.15) is 19.0 Å². The van der Waals surface area contributed by atoms with Crippen LogP contribution < -0.4 is 29.7 Å². The van der Waals surface area contributed by atoms with Crippen molar-refractivity contribution in [2.75, 3.05) is 43.7 Å². The van der Waals surface area contributed by atoms with E-state index in [4.69, 9.17) is 18.9 Å². The van der Waals surface area contributed by atoms with Gasteiger partial charge in [0.05, 0.1) is 18.7 Å². The average Bonchev–Trinajstić information content (AvgIpc) is 3.23. The number of hydrogen-bond acceptors (Lipinski definition) is 8. The Labute approximate surface area is 194 Å². The van der Waals surface area contributed by atoms with Crippen LogP contribution in [0.3, 0.4) is 0 Å². The first-order valence-corrected chi connectivity index (χ1v) is 10.5. The van der Waals surface area contributed by atoms with Crippen LogP contribution in [0, 0.1) is 5.92 Å². The molecule has 1 atom stereocenters. The maximum absolute atomic E-state index is 12.4. The summed E-state index contributed by atoms with van der Waals surface area (Å²) in [6, 6.07) is 11.0. The molecule has 1 unspecified atom stereocenters. The molecule has 0 aromatic heterocycles. The molecule has 2 aliphatic heterocycles. The van der Waals surface area contributed by atoms with E-state index in [1.165, 1.54) is 12.0 Å². The van der Waals surface area contributed by atoms with Crippen molar-refractivity contribution >= 4 is 35.2 Å². The van der Waals surface area contributed by atoms with Gasteiger partial charge in [-0.1, -0.05) is 12.1 Å². The van der Waals surface area contributed by atoms with E-state index in [2.05, 4.69) is 10.6 Å². The number of amides is 4. The van der Waals surface area contributed by atoms with E-state index in [0.29, 0.717) is 41.8 Å². The van der Waals surface area contributed by atoms with E-state index in [9.17, 15) is 19.2 Å². The molecule has 11 nitrogen and oxygen atoms in total. The van der Waals surface area contributed by atoms with Gasteiger partial charge >= 0.3 is 12.0 Å². The number of hydrogen-bond donors (Lipinski definition) is 2. The third-order valence-electron chi connectivity index (χ3n) is 5.23. The molecule has 4 rings (SSSR count). The molecule has 0 aliphatic carbocycles. The number of benzene rings is 2. The fourth-order valence-corrected chi connectivity index (χ4v) is 3.65. The van der Waals surface area contributed by atoms with Gasteiger partial charge in [0, 0.05) is 24.7 Å². The summed E-state index contributed by atoms with van der Waals surface area (Å²) in [6.07, 6.45) is -0.0525. The second kappa shape index (κ2) is 10.1. The van der Waals surface area contributed by atoms with Crippen molar-refractivity contribution in [3.05, 3.63) is 42.5 Å². The summed E-state index contributed by atoms with van der Waals surface area (Å²) in [4.78, 5) is 50.4. The predicted molar refractivity (Wildman–Crippen MR) is 119 cm³/mol. The average molecular weight is 469 g/mol. The number of anilines is 2. The fraction of sp³-hybridized carbons (Fsp3) is 0.304. The lowest BCUT2D eigenvalue weighted by molar-refractivity contribution is -0.152. The number of imide groups is 1. The summed E-state index contributed by atoms with van der Waals surface area (Å²) in [5.41, 5.74) is 0.950. The highest BCUT2D eigenvalue weighted by Gasteiger charge is 2.37. The summed E-state index contributed by atoms with van der Waals surface area (Å²) in [6.45, 7) is 0.285. The first kappa shape index (κ1) is 22.9. The number of rotatable bonds is 6. The second-order valence-electron chi connectivity index (χ2n) is 7.55. The monoisotopic (exact) mass is 469 g/mol. The number of para-hydroxylation sites is 2. The third kappa shape index (κ3) is 5.20. The van der Waals surface area contributed by atoms with E-state index < -0.39 is 30.4 Å². The summed E-state index contributed by atoms with van der Waals surface area (Å²) < 4.78 is 21.1. The number of esters is 1. The van der Waals surface area contributed by atoms with Crippen molar-refractivity contribution in [1.82, 2.24) is 5.32 Å². The van der Waals surface area contributed by atoms with E-state index >= 15 is 0 Å². The third-order valence-corrected chi connectivity index (χ3v) is 5.23. The van der Waals surface area contributed by atoms with Crippen LogP contribution in [-0.4, -0.2) is 57.3 Å². The van der Waals surface area contributed by atoms with Gasteiger partial charge in [-0.15, -0.1) is 0 Å². The molecule has 0 saturated carbocycles. The molecule has 2 heterocycles. The number of ether oxygens (including phenoxy) is 4. The van der Waals surface area contributed by atoms with Crippen molar-refractivity contribution in [3.8, 4) is 17.2 Å². The smallest absolute Gasteiger partial charge is 0.325 e. The maximum atomic E-state index is 12.4. The predicted octanol–water partition coefficient (Wildman–Crippen LogP) is 1.71. The molecule has 2 aromatic carbocycles. The minimum absolute atomic E-state index is 0.0525. The molecule has 0 radical (unpaired) electrons. The molecule has 0 spiro atoms. The quantitative estimate of drug-likeness (QED) is 0.611. The summed E-state index contributed by atoms with van der Waals surface area (Å²) >= 11 is 0. The SMILES string of the molecule is COc1ccccc1N1CC(C(=O)OCC(=O)NC(=O)Nc2ccc3c(c2)OCCO3)CC1=O. The second-order valence-corrected chi connectivity index (χ2v) is 7.55. The Morgan fingerprint density at radius 3 is 2.65 bits per heavy atom. The molecule has 11 heteroatoms. The standard InChI is InChI=1S/C23H23N3O8/c1-31-17-5-3-2-4-16(17)26-12-14(10-21(26)28)22(29)34-13-20(27)25-23(30)24-15-6-7-18-19(11-15)33-9-8-32-18/h2-7,11,14H,8-10,12-13H2,1H3,(H2,24,25,27,30). The van der Waals surface area contributed by atoms with E-state index in [1.54, 1.807) is 42.5 Å². The van der Waals surface area contributed by atoms with Crippen molar-refractivity contribution in [1.29, 1.82) is 0 Å². The minimum Gasteiger partial charge on any atom is -0.495 e. The zero-order valence-corrected chi connectivity index (χ0v) is 18.4. The molecule has 2 aliphatic rings.